The summed E-state index contributed by atoms with van der Waals surface area (Å²) in [5.41, 5.74) is 4.50. The number of halogens is 3. The Morgan fingerprint density at radius 2 is 1.85 bits per heavy atom. The predicted octanol–water partition coefficient (Wildman–Crippen LogP) is 5.59. The number of hydrogen-bond acceptors (Lipinski definition) is 13. The normalized spacial score (nSPS) is 22.9. The lowest BCUT2D eigenvalue weighted by molar-refractivity contribution is -0.0731. The molecule has 6 rings (SSSR count). The summed E-state index contributed by atoms with van der Waals surface area (Å²) in [6, 6.07) is 2.14. The first-order chi connectivity index (χ1) is 24.8. The van der Waals surface area contributed by atoms with Gasteiger partial charge < -0.3 is 43.2 Å². The van der Waals surface area contributed by atoms with Gasteiger partial charge >= 0.3 is 12.2 Å². The smallest absolute Gasteiger partial charge is 0.493 e. The SMILES string of the molecule is C=CCOC(=O)Oc1c(C)c2c(c3c1CC1[C@H]4c5c(cc(C)c(OC)c5OCOC)C[C@@H]([C@H](C#N)N1[C@H]3CNC(=O)OCC(Cl)(Cl)Cl)N4C)OCO2. The molecule has 17 heteroatoms. The zero-order chi connectivity index (χ0) is 37.5. The predicted molar refractivity (Wildman–Crippen MR) is 189 cm³/mol. The Bertz CT molecular complexity index is 1800. The van der Waals surface area contributed by atoms with Gasteiger partial charge in [0, 0.05) is 48.0 Å². The molecule has 0 aromatic heterocycles. The van der Waals surface area contributed by atoms with Gasteiger partial charge in [-0.3, -0.25) is 9.80 Å². The minimum absolute atomic E-state index is 0.0273. The summed E-state index contributed by atoms with van der Waals surface area (Å²) in [4.78, 5) is 30.3. The van der Waals surface area contributed by atoms with Crippen molar-refractivity contribution in [2.45, 2.75) is 60.7 Å². The molecule has 1 saturated heterocycles. The lowest BCUT2D eigenvalue weighted by atomic mass is 9.71. The average Bonchev–Trinajstić information content (AvgIpc) is 3.59. The van der Waals surface area contributed by atoms with Crippen LogP contribution in [0.5, 0.6) is 28.7 Å². The number of nitrogens with zero attached hydrogens (tertiary/aromatic N) is 3. The Labute approximate surface area is 316 Å². The van der Waals surface area contributed by atoms with Crippen molar-refractivity contribution < 1.29 is 47.5 Å². The maximum Gasteiger partial charge on any atom is 0.514 e. The van der Waals surface area contributed by atoms with Gasteiger partial charge in [-0.1, -0.05) is 53.5 Å². The van der Waals surface area contributed by atoms with Crippen LogP contribution in [0.2, 0.25) is 0 Å². The number of benzene rings is 2. The van der Waals surface area contributed by atoms with E-state index < -0.39 is 40.8 Å². The van der Waals surface area contributed by atoms with Gasteiger partial charge in [-0.15, -0.1) is 0 Å². The molecule has 0 spiro atoms. The zero-order valence-corrected chi connectivity index (χ0v) is 31.5. The summed E-state index contributed by atoms with van der Waals surface area (Å²) in [5.74, 6) is 2.12. The minimum Gasteiger partial charge on any atom is -0.493 e. The first-order valence-electron chi connectivity index (χ1n) is 16.4. The molecule has 5 atom stereocenters. The molecule has 2 aromatic carbocycles. The molecule has 4 aliphatic rings. The Morgan fingerprint density at radius 1 is 1.10 bits per heavy atom. The lowest BCUT2D eigenvalue weighted by Crippen LogP contribution is -2.68. The maximum atomic E-state index is 13.0. The molecular formula is C35H39Cl3N4O10. The van der Waals surface area contributed by atoms with Crippen LogP contribution in [0.25, 0.3) is 0 Å². The van der Waals surface area contributed by atoms with Gasteiger partial charge in [0.15, 0.2) is 29.8 Å². The largest absolute Gasteiger partial charge is 0.514 e. The van der Waals surface area contributed by atoms with Crippen molar-refractivity contribution in [1.82, 2.24) is 15.1 Å². The van der Waals surface area contributed by atoms with Crippen molar-refractivity contribution in [2.75, 3.05) is 54.6 Å². The van der Waals surface area contributed by atoms with Gasteiger partial charge in [-0.25, -0.2) is 9.59 Å². The van der Waals surface area contributed by atoms with Gasteiger partial charge in [0.05, 0.1) is 25.3 Å². The molecule has 52 heavy (non-hydrogen) atoms. The number of alkyl halides is 3. The molecule has 2 aromatic rings. The van der Waals surface area contributed by atoms with E-state index in [1.165, 1.54) is 6.08 Å². The number of aryl methyl sites for hydroxylation is 1. The first-order valence-corrected chi connectivity index (χ1v) is 17.6. The number of nitriles is 1. The molecule has 2 bridgehead atoms. The van der Waals surface area contributed by atoms with Gasteiger partial charge in [0.2, 0.25) is 10.6 Å². The third kappa shape index (κ3) is 6.86. The van der Waals surface area contributed by atoms with Crippen molar-refractivity contribution >= 4 is 47.1 Å². The molecule has 1 unspecified atom stereocenters. The standard InChI is InChI=1S/C35H39Cl3N4O10/c1-7-8-47-34(44)52-29-18(3)30-32(51-16-50-30)26-20(29)11-22-27-25-19(9-17(2)28(46-6)31(25)49-15-45-5)10-21(41(27)4)23(12-39)42(22)24(26)13-40-33(43)48-14-35(36,37)38/h7,9,21-24,27H,1,8,10-11,13-16H2,2-6H3,(H,40,43)/t21-,22?,23-,24-,27-/m0/s1. The molecule has 14 nitrogen and oxygen atoms in total. The Balaban J connectivity index is 1.55. The van der Waals surface area contributed by atoms with E-state index in [9.17, 15) is 14.9 Å². The molecule has 4 heterocycles. The average molecular weight is 782 g/mol. The van der Waals surface area contributed by atoms with Gasteiger partial charge in [0.1, 0.15) is 25.0 Å². The summed E-state index contributed by atoms with van der Waals surface area (Å²) in [6.45, 7) is 6.56. The fourth-order valence-electron chi connectivity index (χ4n) is 8.02. The lowest BCUT2D eigenvalue weighted by Gasteiger charge is -2.60. The number of ether oxygens (including phenoxy) is 8. The van der Waals surface area contributed by atoms with E-state index in [1.807, 2.05) is 14.0 Å². The summed E-state index contributed by atoms with van der Waals surface area (Å²) in [6.07, 6.45) is 0.450. The van der Waals surface area contributed by atoms with E-state index in [0.29, 0.717) is 46.1 Å². The zero-order valence-electron chi connectivity index (χ0n) is 29.3. The van der Waals surface area contributed by atoms with Crippen LogP contribution in [0.1, 0.15) is 45.5 Å². The number of hydrogen-bond donors (Lipinski definition) is 1. The van der Waals surface area contributed by atoms with E-state index in [2.05, 4.69) is 33.8 Å². The quantitative estimate of drug-likeness (QED) is 0.105. The van der Waals surface area contributed by atoms with E-state index in [1.54, 1.807) is 21.1 Å². The fourth-order valence-corrected chi connectivity index (χ4v) is 8.19. The number of methoxy groups -OCH3 is 2. The van der Waals surface area contributed by atoms with E-state index >= 15 is 0 Å². The highest BCUT2D eigenvalue weighted by Crippen LogP contribution is 2.58. The van der Waals surface area contributed by atoms with Crippen LogP contribution >= 0.6 is 34.8 Å². The number of rotatable bonds is 10. The Morgan fingerprint density at radius 3 is 2.52 bits per heavy atom. The number of carbonyl (C=O) groups excluding carboxylic acids is 2. The van der Waals surface area contributed by atoms with Gasteiger partial charge in [-0.05, 0) is 44.9 Å². The number of piperazine rings is 1. The summed E-state index contributed by atoms with van der Waals surface area (Å²) < 4.78 is 44.0. The molecule has 4 aliphatic heterocycles. The van der Waals surface area contributed by atoms with Crippen molar-refractivity contribution in [3.63, 3.8) is 0 Å². The Kier molecular flexibility index (Phi) is 11.1. The molecule has 1 fully saturated rings. The summed E-state index contributed by atoms with van der Waals surface area (Å²) in [7, 11) is 5.11. The highest BCUT2D eigenvalue weighted by Gasteiger charge is 2.57. The van der Waals surface area contributed by atoms with Crippen molar-refractivity contribution in [2.24, 2.45) is 0 Å². The molecule has 280 valence electrons. The topological polar surface area (TPSA) is 150 Å². The monoisotopic (exact) mass is 780 g/mol. The van der Waals surface area contributed by atoms with Crippen molar-refractivity contribution in [3.8, 4) is 34.8 Å². The van der Waals surface area contributed by atoms with Crippen LogP contribution in [0.3, 0.4) is 0 Å². The first kappa shape index (κ1) is 37.9. The second kappa shape index (κ2) is 15.3. The highest BCUT2D eigenvalue weighted by atomic mass is 35.6. The molecule has 1 amide bonds. The van der Waals surface area contributed by atoms with E-state index in [-0.39, 0.29) is 51.0 Å². The van der Waals surface area contributed by atoms with Crippen LogP contribution in [0.15, 0.2) is 18.7 Å². The maximum absolute atomic E-state index is 13.0. The molecule has 1 N–H and O–H groups in total. The molecular weight excluding hydrogens is 743 g/mol. The number of alkyl carbamates (subject to hydrolysis) is 1. The Hall–Kier alpha value is -3.84. The van der Waals surface area contributed by atoms with Gasteiger partial charge in [-0.2, -0.15) is 5.26 Å². The number of carbonyl (C=O) groups is 2. The van der Waals surface area contributed by atoms with Crippen LogP contribution in [0, 0.1) is 25.2 Å². The second-order valence-corrected chi connectivity index (χ2v) is 15.3. The highest BCUT2D eigenvalue weighted by molar-refractivity contribution is 6.67. The number of nitrogens with one attached hydrogen (secondary N) is 1. The number of amides is 1. The minimum atomic E-state index is -1.83. The van der Waals surface area contributed by atoms with Crippen molar-refractivity contribution in [3.05, 3.63) is 52.1 Å². The number of fused-ring (bicyclic) bond motifs is 9. The van der Waals surface area contributed by atoms with Crippen LogP contribution in [-0.4, -0.2) is 98.6 Å². The van der Waals surface area contributed by atoms with E-state index in [4.69, 9.17) is 72.7 Å². The fraction of sp³-hybridized carbons (Fsp3) is 0.514. The third-order valence-electron chi connectivity index (χ3n) is 9.88. The molecule has 0 saturated carbocycles. The van der Waals surface area contributed by atoms with Crippen molar-refractivity contribution in [1.29, 1.82) is 5.26 Å². The van der Waals surface area contributed by atoms with Crippen LogP contribution in [0.4, 0.5) is 9.59 Å². The van der Waals surface area contributed by atoms with Crippen LogP contribution in [-0.2, 0) is 27.1 Å². The molecule has 0 aliphatic carbocycles. The van der Waals surface area contributed by atoms with Gasteiger partial charge in [0.25, 0.3) is 0 Å². The van der Waals surface area contributed by atoms with E-state index in [0.717, 1.165) is 16.7 Å². The second-order valence-electron chi connectivity index (χ2n) is 12.8. The van der Waals surface area contributed by atoms with Crippen LogP contribution < -0.4 is 29.0 Å². The molecule has 0 radical (unpaired) electrons. The summed E-state index contributed by atoms with van der Waals surface area (Å²) >= 11 is 17.5. The third-order valence-corrected chi connectivity index (χ3v) is 10.2. The summed E-state index contributed by atoms with van der Waals surface area (Å²) in [5, 5.41) is 13.7. The number of likely N-dealkylation sites (N-methyl/N-ethyl adjacent to an activating group) is 1.